The van der Waals surface area contributed by atoms with Crippen molar-refractivity contribution in [2.75, 3.05) is 0 Å². The topological polar surface area (TPSA) is 122 Å². The Bertz CT molecular complexity index is 1260. The highest BCUT2D eigenvalue weighted by Crippen LogP contribution is 2.46. The van der Waals surface area contributed by atoms with Gasteiger partial charge in [0, 0.05) is 10.9 Å². The largest absolute Gasteiger partial charge is 0.507 e. The second kappa shape index (κ2) is 5.32. The van der Waals surface area contributed by atoms with Crippen molar-refractivity contribution in [2.24, 2.45) is 0 Å². The number of aromatic hydroxyl groups is 2. The second-order valence-corrected chi connectivity index (χ2v) is 7.07. The van der Waals surface area contributed by atoms with Crippen molar-refractivity contribution in [1.29, 1.82) is 0 Å². The number of cyclic esters (lactones) is 1. The van der Waals surface area contributed by atoms with Crippen LogP contribution in [0, 0.1) is 0 Å². The van der Waals surface area contributed by atoms with Gasteiger partial charge >= 0.3 is 5.97 Å². The lowest BCUT2D eigenvalue weighted by Crippen LogP contribution is -2.44. The molecule has 1 atom stereocenters. The summed E-state index contributed by atoms with van der Waals surface area (Å²) in [6, 6.07) is 6.64. The first-order valence-corrected chi connectivity index (χ1v) is 8.87. The number of carbonyl (C=O) groups is 1. The molecule has 0 unspecified atom stereocenters. The maximum absolute atomic E-state index is 13.1. The molecule has 0 fully saturated rings. The number of pyridine rings is 2. The Morgan fingerprint density at radius 2 is 2.07 bits per heavy atom. The Morgan fingerprint density at radius 3 is 2.82 bits per heavy atom. The standard InChI is InChI=1S/C20H16N2O6/c1-2-20(27)14-11(8-28-19(20)26)18(25)22-7-9-6-10-12(4-3-5-13(10)23)21-15(9)16(22)17(14)24/h3-6,23-24,27H,2,7-8H2,1H3/t20-/m0/s1. The van der Waals surface area contributed by atoms with Crippen molar-refractivity contribution in [3.63, 3.8) is 0 Å². The number of fused-ring (bicyclic) bond motifs is 5. The number of aromatic nitrogens is 2. The van der Waals surface area contributed by atoms with E-state index in [9.17, 15) is 24.9 Å². The molecule has 0 radical (unpaired) electrons. The minimum absolute atomic E-state index is 0.0544. The molecule has 142 valence electrons. The van der Waals surface area contributed by atoms with Crippen molar-refractivity contribution >= 4 is 16.9 Å². The van der Waals surface area contributed by atoms with Gasteiger partial charge in [-0.2, -0.15) is 0 Å². The molecule has 0 saturated carbocycles. The Morgan fingerprint density at radius 1 is 1.29 bits per heavy atom. The maximum Gasteiger partial charge on any atom is 0.343 e. The van der Waals surface area contributed by atoms with Gasteiger partial charge in [-0.15, -0.1) is 0 Å². The highest BCUT2D eigenvalue weighted by Gasteiger charge is 2.48. The molecule has 2 aliphatic heterocycles. The Kier molecular flexibility index (Phi) is 3.19. The first-order chi connectivity index (χ1) is 13.4. The Labute approximate surface area is 158 Å². The van der Waals surface area contributed by atoms with Crippen LogP contribution in [0.25, 0.3) is 22.3 Å². The molecule has 2 aliphatic rings. The van der Waals surface area contributed by atoms with Crippen LogP contribution in [0.4, 0.5) is 0 Å². The lowest BCUT2D eigenvalue weighted by atomic mass is 9.85. The third kappa shape index (κ3) is 1.90. The highest BCUT2D eigenvalue weighted by atomic mass is 16.6. The number of hydrogen-bond donors (Lipinski definition) is 3. The molecule has 0 amide bonds. The first kappa shape index (κ1) is 16.8. The fourth-order valence-corrected chi connectivity index (χ4v) is 4.13. The first-order valence-electron chi connectivity index (χ1n) is 8.87. The zero-order chi connectivity index (χ0) is 19.8. The molecule has 0 saturated heterocycles. The molecule has 4 heterocycles. The van der Waals surface area contributed by atoms with Gasteiger partial charge in [-0.25, -0.2) is 9.78 Å². The van der Waals surface area contributed by atoms with E-state index < -0.39 is 17.1 Å². The van der Waals surface area contributed by atoms with Crippen LogP contribution < -0.4 is 5.56 Å². The highest BCUT2D eigenvalue weighted by molar-refractivity contribution is 5.91. The molecule has 3 aromatic rings. The van der Waals surface area contributed by atoms with Crippen molar-refractivity contribution in [2.45, 2.75) is 32.1 Å². The van der Waals surface area contributed by atoms with Crippen LogP contribution >= 0.6 is 0 Å². The van der Waals surface area contributed by atoms with Crippen molar-refractivity contribution in [1.82, 2.24) is 9.55 Å². The molecule has 3 N–H and O–H groups in total. The number of phenols is 1. The Hall–Kier alpha value is -3.39. The summed E-state index contributed by atoms with van der Waals surface area (Å²) in [7, 11) is 0. The number of hydrogen-bond acceptors (Lipinski definition) is 7. The van der Waals surface area contributed by atoms with Crippen molar-refractivity contribution in [3.8, 4) is 22.9 Å². The van der Waals surface area contributed by atoms with E-state index in [0.29, 0.717) is 22.2 Å². The van der Waals surface area contributed by atoms with Gasteiger partial charge < -0.3 is 20.1 Å². The molecule has 0 aliphatic carbocycles. The fraction of sp³-hybridized carbons (Fsp3) is 0.250. The lowest BCUT2D eigenvalue weighted by Gasteiger charge is -2.32. The maximum atomic E-state index is 13.1. The summed E-state index contributed by atoms with van der Waals surface area (Å²) >= 11 is 0. The fourth-order valence-electron chi connectivity index (χ4n) is 4.13. The summed E-state index contributed by atoms with van der Waals surface area (Å²) in [5.74, 6) is -1.17. The molecular formula is C20H16N2O6. The van der Waals surface area contributed by atoms with Gasteiger partial charge in [-0.1, -0.05) is 13.0 Å². The molecule has 8 nitrogen and oxygen atoms in total. The summed E-state index contributed by atoms with van der Waals surface area (Å²) in [4.78, 5) is 29.8. The lowest BCUT2D eigenvalue weighted by molar-refractivity contribution is -0.172. The van der Waals surface area contributed by atoms with Crippen LogP contribution in [0.1, 0.15) is 30.0 Å². The van der Waals surface area contributed by atoms with Crippen LogP contribution in [-0.2, 0) is 28.3 Å². The summed E-state index contributed by atoms with van der Waals surface area (Å²) in [5, 5.41) is 32.5. The van der Waals surface area contributed by atoms with Gasteiger partial charge in [0.15, 0.2) is 5.60 Å². The average molecular weight is 380 g/mol. The normalized spacial score (nSPS) is 19.9. The van der Waals surface area contributed by atoms with E-state index in [4.69, 9.17) is 4.74 Å². The number of carbonyl (C=O) groups excluding carboxylic acids is 1. The summed E-state index contributed by atoms with van der Waals surface area (Å²) in [6.45, 7) is 1.42. The van der Waals surface area contributed by atoms with Crippen LogP contribution in [0.2, 0.25) is 0 Å². The van der Waals surface area contributed by atoms with Gasteiger partial charge in [0.05, 0.1) is 28.9 Å². The number of nitrogens with zero attached hydrogens (tertiary/aromatic N) is 2. The zero-order valence-electron chi connectivity index (χ0n) is 14.9. The summed E-state index contributed by atoms with van der Waals surface area (Å²) in [6.07, 6.45) is -0.0544. The molecule has 0 spiro atoms. The van der Waals surface area contributed by atoms with Crippen molar-refractivity contribution < 1.29 is 24.9 Å². The average Bonchev–Trinajstić information content (AvgIpc) is 3.06. The summed E-state index contributed by atoms with van der Waals surface area (Å²) < 4.78 is 6.36. The predicted molar refractivity (Wildman–Crippen MR) is 97.9 cm³/mol. The number of rotatable bonds is 1. The van der Waals surface area contributed by atoms with Gasteiger partial charge in [0.1, 0.15) is 23.8 Å². The van der Waals surface area contributed by atoms with Gasteiger partial charge in [-0.3, -0.25) is 9.36 Å². The quantitative estimate of drug-likeness (QED) is 0.428. The van der Waals surface area contributed by atoms with Crippen LogP contribution in [0.15, 0.2) is 29.1 Å². The van der Waals surface area contributed by atoms with Crippen LogP contribution in [0.5, 0.6) is 11.5 Å². The van der Waals surface area contributed by atoms with E-state index >= 15 is 0 Å². The predicted octanol–water partition coefficient (Wildman–Crippen LogP) is 1.49. The monoisotopic (exact) mass is 380 g/mol. The molecule has 1 aromatic carbocycles. The Balaban J connectivity index is 1.87. The number of phenolic OH excluding ortho intramolecular Hbond substituents is 1. The number of benzene rings is 1. The van der Waals surface area contributed by atoms with E-state index in [0.717, 1.165) is 0 Å². The van der Waals surface area contributed by atoms with Gasteiger partial charge in [0.2, 0.25) is 0 Å². The second-order valence-electron chi connectivity index (χ2n) is 7.07. The smallest absolute Gasteiger partial charge is 0.343 e. The van der Waals surface area contributed by atoms with E-state index in [2.05, 4.69) is 4.98 Å². The van der Waals surface area contributed by atoms with E-state index in [-0.39, 0.29) is 47.9 Å². The third-order valence-electron chi connectivity index (χ3n) is 5.61. The molecular weight excluding hydrogens is 364 g/mol. The molecule has 8 heteroatoms. The minimum atomic E-state index is -2.09. The van der Waals surface area contributed by atoms with Crippen LogP contribution in [0.3, 0.4) is 0 Å². The SMILES string of the molecule is CC[C@@]1(O)C(=O)OCc2c1c(O)c1n(c2=O)Cc2cc3c(O)cccc3nc2-1. The molecule has 2 aromatic heterocycles. The van der Waals surface area contributed by atoms with Crippen LogP contribution in [-0.4, -0.2) is 30.8 Å². The van der Waals surface area contributed by atoms with E-state index in [1.165, 1.54) is 4.57 Å². The number of esters is 1. The molecule has 5 rings (SSSR count). The van der Waals surface area contributed by atoms with E-state index in [1.54, 1.807) is 31.2 Å². The van der Waals surface area contributed by atoms with E-state index in [1.807, 2.05) is 0 Å². The molecule has 28 heavy (non-hydrogen) atoms. The number of aliphatic hydroxyl groups is 1. The van der Waals surface area contributed by atoms with Gasteiger partial charge in [0.25, 0.3) is 5.56 Å². The third-order valence-corrected chi connectivity index (χ3v) is 5.61. The summed E-state index contributed by atoms with van der Waals surface area (Å²) in [5.41, 5.74) is -0.895. The number of ether oxygens (including phenoxy) is 1. The minimum Gasteiger partial charge on any atom is -0.507 e. The van der Waals surface area contributed by atoms with Crippen molar-refractivity contribution in [3.05, 3.63) is 51.3 Å². The van der Waals surface area contributed by atoms with Gasteiger partial charge in [-0.05, 0) is 24.6 Å². The molecule has 0 bridgehead atoms. The zero-order valence-corrected chi connectivity index (χ0v) is 14.9.